The highest BCUT2D eigenvalue weighted by Gasteiger charge is 2.15. The van der Waals surface area contributed by atoms with Gasteiger partial charge in [0, 0.05) is 26.2 Å². The summed E-state index contributed by atoms with van der Waals surface area (Å²) in [6.45, 7) is 15.6. The van der Waals surface area contributed by atoms with Gasteiger partial charge in [0.1, 0.15) is 0 Å². The largest absolute Gasteiger partial charge is 0.357 e. The molecule has 1 fully saturated rings. The van der Waals surface area contributed by atoms with Crippen LogP contribution in [0, 0.1) is 11.8 Å². The smallest absolute Gasteiger partial charge is 0.191 e. The Hall–Kier alpha value is -0.770. The van der Waals surface area contributed by atoms with Crippen molar-refractivity contribution < 1.29 is 0 Å². The Balaban J connectivity index is 2.11. The van der Waals surface area contributed by atoms with Crippen molar-refractivity contribution >= 4 is 5.96 Å². The Morgan fingerprint density at radius 2 is 2.10 bits per heavy atom. The van der Waals surface area contributed by atoms with Crippen LogP contribution < -0.4 is 10.6 Å². The molecule has 4 heteroatoms. The van der Waals surface area contributed by atoms with Gasteiger partial charge in [-0.25, -0.2) is 0 Å². The van der Waals surface area contributed by atoms with Gasteiger partial charge < -0.3 is 15.5 Å². The molecule has 0 aromatic heterocycles. The summed E-state index contributed by atoms with van der Waals surface area (Å²) in [6, 6.07) is 0. The summed E-state index contributed by atoms with van der Waals surface area (Å²) in [7, 11) is 0. The molecule has 1 rings (SSSR count). The summed E-state index contributed by atoms with van der Waals surface area (Å²) in [5.74, 6) is 2.47. The van der Waals surface area contributed by atoms with Crippen molar-refractivity contribution in [1.82, 2.24) is 15.5 Å². The second kappa shape index (κ2) is 10.9. The summed E-state index contributed by atoms with van der Waals surface area (Å²) in [5, 5.41) is 6.76. The first-order chi connectivity index (χ1) is 10.1. The Kier molecular flexibility index (Phi) is 9.48. The highest BCUT2D eigenvalue weighted by Crippen LogP contribution is 2.15. The van der Waals surface area contributed by atoms with E-state index in [1.165, 1.54) is 45.3 Å². The fraction of sp³-hybridized carbons (Fsp3) is 0.941. The Bertz CT molecular complexity index is 289. The second-order valence-corrected chi connectivity index (χ2v) is 6.80. The van der Waals surface area contributed by atoms with Crippen LogP contribution in [0.2, 0.25) is 0 Å². The van der Waals surface area contributed by atoms with Crippen molar-refractivity contribution in [1.29, 1.82) is 0 Å². The average Bonchev–Trinajstić information content (AvgIpc) is 2.44. The molecule has 21 heavy (non-hydrogen) atoms. The third kappa shape index (κ3) is 8.97. The fourth-order valence-corrected chi connectivity index (χ4v) is 2.77. The first-order valence-electron chi connectivity index (χ1n) is 8.86. The maximum Gasteiger partial charge on any atom is 0.191 e. The highest BCUT2D eigenvalue weighted by atomic mass is 15.2. The number of unbranched alkanes of at least 4 members (excludes halogenated alkanes) is 1. The summed E-state index contributed by atoms with van der Waals surface area (Å²) < 4.78 is 0. The lowest BCUT2D eigenvalue weighted by Gasteiger charge is -2.30. The number of hydrogen-bond acceptors (Lipinski definition) is 2. The molecule has 0 aromatic carbocycles. The van der Waals surface area contributed by atoms with Gasteiger partial charge in [-0.15, -0.1) is 0 Å². The fourth-order valence-electron chi connectivity index (χ4n) is 2.77. The maximum absolute atomic E-state index is 4.59. The van der Waals surface area contributed by atoms with Gasteiger partial charge in [-0.1, -0.05) is 20.8 Å². The molecule has 124 valence electrons. The number of rotatable bonds is 8. The van der Waals surface area contributed by atoms with Gasteiger partial charge in [0.05, 0.1) is 0 Å². The predicted molar refractivity (Wildman–Crippen MR) is 92.9 cm³/mol. The van der Waals surface area contributed by atoms with Crippen LogP contribution in [0.5, 0.6) is 0 Å². The van der Waals surface area contributed by atoms with E-state index in [4.69, 9.17) is 0 Å². The SMILES string of the molecule is CCNC(=NCC(C)C)NCCCCN1CCCC(C)C1. The monoisotopic (exact) mass is 296 g/mol. The molecule has 1 atom stereocenters. The molecular weight excluding hydrogens is 260 g/mol. The van der Waals surface area contributed by atoms with Gasteiger partial charge in [-0.3, -0.25) is 4.99 Å². The van der Waals surface area contributed by atoms with Crippen LogP contribution in [0.15, 0.2) is 4.99 Å². The van der Waals surface area contributed by atoms with Crippen molar-refractivity contribution in [3.05, 3.63) is 0 Å². The number of guanidine groups is 1. The zero-order valence-electron chi connectivity index (χ0n) is 14.6. The van der Waals surface area contributed by atoms with Gasteiger partial charge in [0.2, 0.25) is 0 Å². The van der Waals surface area contributed by atoms with Crippen LogP contribution >= 0.6 is 0 Å². The first kappa shape index (κ1) is 18.3. The van der Waals surface area contributed by atoms with Crippen LogP contribution in [0.1, 0.15) is 53.4 Å². The number of hydrogen-bond donors (Lipinski definition) is 2. The van der Waals surface area contributed by atoms with Gasteiger partial charge >= 0.3 is 0 Å². The van der Waals surface area contributed by atoms with E-state index in [-0.39, 0.29) is 0 Å². The van der Waals surface area contributed by atoms with Crippen molar-refractivity contribution in [3.63, 3.8) is 0 Å². The van der Waals surface area contributed by atoms with Crippen molar-refractivity contribution in [2.24, 2.45) is 16.8 Å². The lowest BCUT2D eigenvalue weighted by Crippen LogP contribution is -2.38. The Labute approximate surface area is 131 Å². The molecule has 1 saturated heterocycles. The molecule has 1 unspecified atom stereocenters. The lowest BCUT2D eigenvalue weighted by molar-refractivity contribution is 0.181. The van der Waals surface area contributed by atoms with Crippen molar-refractivity contribution in [3.8, 4) is 0 Å². The van der Waals surface area contributed by atoms with Crippen LogP contribution in [0.4, 0.5) is 0 Å². The van der Waals surface area contributed by atoms with Gasteiger partial charge in [0.25, 0.3) is 0 Å². The van der Waals surface area contributed by atoms with E-state index >= 15 is 0 Å². The van der Waals surface area contributed by atoms with E-state index in [1.54, 1.807) is 0 Å². The van der Waals surface area contributed by atoms with E-state index in [9.17, 15) is 0 Å². The standard InChI is InChI=1S/C17H36N4/c1-5-18-17(20-13-15(2)3)19-10-6-7-11-21-12-8-9-16(4)14-21/h15-16H,5-14H2,1-4H3,(H2,18,19,20). The van der Waals surface area contributed by atoms with Crippen LogP contribution in [-0.2, 0) is 0 Å². The lowest BCUT2D eigenvalue weighted by atomic mass is 10.0. The van der Waals surface area contributed by atoms with E-state index in [0.29, 0.717) is 5.92 Å². The minimum atomic E-state index is 0.613. The zero-order chi connectivity index (χ0) is 15.5. The average molecular weight is 297 g/mol. The minimum Gasteiger partial charge on any atom is -0.357 e. The topological polar surface area (TPSA) is 39.7 Å². The molecule has 2 N–H and O–H groups in total. The van der Waals surface area contributed by atoms with Gasteiger partial charge in [0.15, 0.2) is 5.96 Å². The van der Waals surface area contributed by atoms with E-state index in [2.05, 4.69) is 48.2 Å². The summed E-state index contributed by atoms with van der Waals surface area (Å²) in [6.07, 6.45) is 5.29. The molecule has 4 nitrogen and oxygen atoms in total. The molecule has 0 aliphatic carbocycles. The minimum absolute atomic E-state index is 0.613. The molecule has 1 aliphatic heterocycles. The summed E-state index contributed by atoms with van der Waals surface area (Å²) in [4.78, 5) is 7.23. The van der Waals surface area contributed by atoms with Gasteiger partial charge in [-0.05, 0) is 57.5 Å². The van der Waals surface area contributed by atoms with Crippen LogP contribution in [0.25, 0.3) is 0 Å². The quantitative estimate of drug-likeness (QED) is 0.411. The molecule has 0 aromatic rings. The second-order valence-electron chi connectivity index (χ2n) is 6.80. The molecule has 0 amide bonds. The normalized spacial score (nSPS) is 20.8. The Morgan fingerprint density at radius 3 is 2.76 bits per heavy atom. The highest BCUT2D eigenvalue weighted by molar-refractivity contribution is 5.79. The number of likely N-dealkylation sites (tertiary alicyclic amines) is 1. The number of nitrogens with zero attached hydrogens (tertiary/aromatic N) is 2. The third-order valence-electron chi connectivity index (χ3n) is 3.89. The third-order valence-corrected chi connectivity index (χ3v) is 3.89. The molecule has 0 spiro atoms. The molecule has 0 bridgehead atoms. The Morgan fingerprint density at radius 1 is 1.29 bits per heavy atom. The summed E-state index contributed by atoms with van der Waals surface area (Å²) in [5.41, 5.74) is 0. The zero-order valence-corrected chi connectivity index (χ0v) is 14.6. The van der Waals surface area contributed by atoms with E-state index in [0.717, 1.165) is 31.5 Å². The van der Waals surface area contributed by atoms with Crippen molar-refractivity contribution in [2.75, 3.05) is 39.3 Å². The number of piperidine rings is 1. The number of aliphatic imine (C=N–C) groups is 1. The van der Waals surface area contributed by atoms with Crippen LogP contribution in [-0.4, -0.2) is 50.1 Å². The predicted octanol–water partition coefficient (Wildman–Crippen LogP) is 2.71. The number of nitrogens with one attached hydrogen (secondary N) is 2. The molecule has 1 heterocycles. The maximum atomic E-state index is 4.59. The summed E-state index contributed by atoms with van der Waals surface area (Å²) >= 11 is 0. The first-order valence-corrected chi connectivity index (χ1v) is 8.86. The molecule has 1 aliphatic rings. The van der Waals surface area contributed by atoms with Crippen molar-refractivity contribution in [2.45, 2.75) is 53.4 Å². The molecule has 0 saturated carbocycles. The molecular formula is C17H36N4. The van der Waals surface area contributed by atoms with E-state index in [1.807, 2.05) is 0 Å². The van der Waals surface area contributed by atoms with E-state index < -0.39 is 0 Å². The molecule has 0 radical (unpaired) electrons. The van der Waals surface area contributed by atoms with Gasteiger partial charge in [-0.2, -0.15) is 0 Å². The van der Waals surface area contributed by atoms with Crippen LogP contribution in [0.3, 0.4) is 0 Å².